The molecule has 5 nitrogen and oxygen atoms in total. The number of fused-ring (bicyclic) bond motifs is 1. The van der Waals surface area contributed by atoms with E-state index in [0.29, 0.717) is 5.65 Å². The Bertz CT molecular complexity index is 610. The summed E-state index contributed by atoms with van der Waals surface area (Å²) in [5.41, 5.74) is 0.479. The van der Waals surface area contributed by atoms with E-state index in [1.54, 1.807) is 31.3 Å². The van der Waals surface area contributed by atoms with Gasteiger partial charge >= 0.3 is 5.97 Å². The summed E-state index contributed by atoms with van der Waals surface area (Å²) < 4.78 is 6.74. The van der Waals surface area contributed by atoms with Gasteiger partial charge in [-0.1, -0.05) is 12.0 Å². The molecule has 2 aromatic rings. The van der Waals surface area contributed by atoms with Crippen LogP contribution in [0.2, 0.25) is 0 Å². The Kier molecular flexibility index (Phi) is 2.71. The second-order valence-electron chi connectivity index (χ2n) is 3.43. The Hall–Kier alpha value is -2.48. The number of hydrogen-bond acceptors (Lipinski definition) is 3. The van der Waals surface area contributed by atoms with Crippen molar-refractivity contribution in [1.82, 2.24) is 9.38 Å². The number of ether oxygens (including phenoxy) is 1. The number of pyridine rings is 1. The fraction of sp³-hybridized carbons (Fsp3) is 0.167. The first kappa shape index (κ1) is 11.0. The molecule has 1 N–H and O–H groups in total. The molecule has 0 amide bonds. The zero-order chi connectivity index (χ0) is 12.4. The van der Waals surface area contributed by atoms with Crippen LogP contribution in [0.5, 0.6) is 5.88 Å². The van der Waals surface area contributed by atoms with Crippen LogP contribution >= 0.6 is 0 Å². The van der Waals surface area contributed by atoms with Gasteiger partial charge in [0.1, 0.15) is 5.65 Å². The summed E-state index contributed by atoms with van der Waals surface area (Å²) in [4.78, 5) is 15.3. The molecule has 86 valence electrons. The molecule has 2 aromatic heterocycles. The van der Waals surface area contributed by atoms with Crippen molar-refractivity contribution in [1.29, 1.82) is 0 Å². The lowest BCUT2D eigenvalue weighted by molar-refractivity contribution is 0.0683. The summed E-state index contributed by atoms with van der Waals surface area (Å²) >= 11 is 0. The van der Waals surface area contributed by atoms with Crippen molar-refractivity contribution in [2.45, 2.75) is 13.0 Å². The Balaban J connectivity index is 2.58. The first-order chi connectivity index (χ1) is 8.13. The van der Waals surface area contributed by atoms with Crippen LogP contribution in [0.25, 0.3) is 5.65 Å². The number of aromatic carboxylic acids is 1. The third-order valence-electron chi connectivity index (χ3n) is 2.22. The van der Waals surface area contributed by atoms with Crippen LogP contribution < -0.4 is 4.74 Å². The van der Waals surface area contributed by atoms with E-state index < -0.39 is 12.1 Å². The highest BCUT2D eigenvalue weighted by atomic mass is 16.5. The van der Waals surface area contributed by atoms with Gasteiger partial charge in [0, 0.05) is 6.20 Å². The lowest BCUT2D eigenvalue weighted by Crippen LogP contribution is -2.12. The molecular weight excluding hydrogens is 220 g/mol. The van der Waals surface area contributed by atoms with Crippen LogP contribution in [-0.4, -0.2) is 26.6 Å². The SMILES string of the molecule is C#CC(C)Oc1nc2ccccn2c1C(=O)O. The number of terminal acetylenes is 1. The number of hydrogen-bond donors (Lipinski definition) is 1. The summed E-state index contributed by atoms with van der Waals surface area (Å²) in [7, 11) is 0. The van der Waals surface area contributed by atoms with E-state index in [9.17, 15) is 4.79 Å². The maximum Gasteiger partial charge on any atom is 0.358 e. The topological polar surface area (TPSA) is 63.8 Å². The lowest BCUT2D eigenvalue weighted by Gasteiger charge is -2.06. The molecular formula is C12H10N2O3. The smallest absolute Gasteiger partial charge is 0.358 e. The highest BCUT2D eigenvalue weighted by Gasteiger charge is 2.20. The molecule has 1 unspecified atom stereocenters. The van der Waals surface area contributed by atoms with Crippen molar-refractivity contribution in [3.63, 3.8) is 0 Å². The van der Waals surface area contributed by atoms with E-state index in [2.05, 4.69) is 10.9 Å². The Morgan fingerprint density at radius 3 is 3.06 bits per heavy atom. The molecule has 0 saturated carbocycles. The quantitative estimate of drug-likeness (QED) is 0.810. The second-order valence-corrected chi connectivity index (χ2v) is 3.43. The average Bonchev–Trinajstić information content (AvgIpc) is 2.66. The van der Waals surface area contributed by atoms with Crippen molar-refractivity contribution in [3.05, 3.63) is 30.1 Å². The highest BCUT2D eigenvalue weighted by Crippen LogP contribution is 2.20. The van der Waals surface area contributed by atoms with E-state index in [1.165, 1.54) is 4.40 Å². The lowest BCUT2D eigenvalue weighted by atomic mass is 10.4. The summed E-state index contributed by atoms with van der Waals surface area (Å²) in [5.74, 6) is 1.29. The molecule has 0 aliphatic heterocycles. The van der Waals surface area contributed by atoms with Crippen molar-refractivity contribution < 1.29 is 14.6 Å². The molecule has 0 aromatic carbocycles. The molecule has 2 rings (SSSR count). The van der Waals surface area contributed by atoms with Gasteiger partial charge in [-0.05, 0) is 19.1 Å². The molecule has 2 heterocycles. The fourth-order valence-electron chi connectivity index (χ4n) is 1.45. The van der Waals surface area contributed by atoms with Crippen molar-refractivity contribution >= 4 is 11.6 Å². The monoisotopic (exact) mass is 230 g/mol. The Morgan fingerprint density at radius 2 is 2.41 bits per heavy atom. The zero-order valence-electron chi connectivity index (χ0n) is 9.12. The van der Waals surface area contributed by atoms with Gasteiger partial charge < -0.3 is 9.84 Å². The maximum atomic E-state index is 11.2. The summed E-state index contributed by atoms with van der Waals surface area (Å²) in [6, 6.07) is 5.18. The number of imidazole rings is 1. The second kappa shape index (κ2) is 4.18. The molecule has 0 saturated heterocycles. The molecule has 0 radical (unpaired) electrons. The fourth-order valence-corrected chi connectivity index (χ4v) is 1.45. The van der Waals surface area contributed by atoms with E-state index in [-0.39, 0.29) is 11.6 Å². The number of aromatic nitrogens is 2. The first-order valence-corrected chi connectivity index (χ1v) is 4.96. The largest absolute Gasteiger partial charge is 0.476 e. The zero-order valence-corrected chi connectivity index (χ0v) is 9.12. The number of carbonyl (C=O) groups is 1. The summed E-state index contributed by atoms with van der Waals surface area (Å²) in [6.07, 6.45) is 6.26. The van der Waals surface area contributed by atoms with E-state index in [4.69, 9.17) is 16.3 Å². The number of carboxylic acid groups (broad SMARTS) is 1. The van der Waals surface area contributed by atoms with Crippen LogP contribution in [-0.2, 0) is 0 Å². The minimum Gasteiger partial charge on any atom is -0.476 e. The summed E-state index contributed by atoms with van der Waals surface area (Å²) in [6.45, 7) is 1.65. The predicted molar refractivity (Wildman–Crippen MR) is 61.1 cm³/mol. The van der Waals surface area contributed by atoms with Crippen LogP contribution in [0.15, 0.2) is 24.4 Å². The van der Waals surface area contributed by atoms with Gasteiger partial charge in [0.05, 0.1) is 0 Å². The Labute approximate surface area is 97.7 Å². The van der Waals surface area contributed by atoms with Crippen LogP contribution in [0.4, 0.5) is 0 Å². The van der Waals surface area contributed by atoms with Gasteiger partial charge in [0.25, 0.3) is 0 Å². The third kappa shape index (κ3) is 1.93. The molecule has 0 aliphatic carbocycles. The predicted octanol–water partition coefficient (Wildman–Crippen LogP) is 1.43. The van der Waals surface area contributed by atoms with Gasteiger partial charge in [-0.15, -0.1) is 6.42 Å². The molecule has 0 aliphatic rings. The molecule has 0 spiro atoms. The van der Waals surface area contributed by atoms with Crippen LogP contribution in [0.1, 0.15) is 17.4 Å². The maximum absolute atomic E-state index is 11.2. The minimum atomic E-state index is -1.11. The van der Waals surface area contributed by atoms with Gasteiger partial charge in [-0.25, -0.2) is 4.79 Å². The minimum absolute atomic E-state index is 0.0253. The number of carboxylic acids is 1. The standard InChI is InChI=1S/C12H10N2O3/c1-3-8(2)17-11-10(12(15)16)14-7-5-4-6-9(14)13-11/h1,4-8H,2H3,(H,15,16). The molecule has 5 heteroatoms. The first-order valence-electron chi connectivity index (χ1n) is 4.96. The van der Waals surface area contributed by atoms with Gasteiger partial charge in [0.15, 0.2) is 11.8 Å². The number of nitrogens with zero attached hydrogens (tertiary/aromatic N) is 2. The highest BCUT2D eigenvalue weighted by molar-refractivity contribution is 5.89. The normalized spacial score (nSPS) is 12.0. The molecule has 1 atom stereocenters. The van der Waals surface area contributed by atoms with E-state index >= 15 is 0 Å². The van der Waals surface area contributed by atoms with Gasteiger partial charge in [0.2, 0.25) is 5.88 Å². The van der Waals surface area contributed by atoms with Gasteiger partial charge in [-0.2, -0.15) is 4.98 Å². The van der Waals surface area contributed by atoms with Crippen LogP contribution in [0, 0.1) is 12.3 Å². The molecule has 0 fully saturated rings. The molecule has 17 heavy (non-hydrogen) atoms. The third-order valence-corrected chi connectivity index (χ3v) is 2.22. The Morgan fingerprint density at radius 1 is 1.65 bits per heavy atom. The average molecular weight is 230 g/mol. The van der Waals surface area contributed by atoms with E-state index in [0.717, 1.165) is 0 Å². The number of rotatable bonds is 3. The van der Waals surface area contributed by atoms with Crippen LogP contribution in [0.3, 0.4) is 0 Å². The van der Waals surface area contributed by atoms with Crippen molar-refractivity contribution in [2.24, 2.45) is 0 Å². The van der Waals surface area contributed by atoms with Crippen molar-refractivity contribution in [3.8, 4) is 18.2 Å². The summed E-state index contributed by atoms with van der Waals surface area (Å²) in [5, 5.41) is 9.15. The molecule has 0 bridgehead atoms. The van der Waals surface area contributed by atoms with Crippen molar-refractivity contribution in [2.75, 3.05) is 0 Å². The van der Waals surface area contributed by atoms with E-state index in [1.807, 2.05) is 0 Å². The van der Waals surface area contributed by atoms with Gasteiger partial charge in [-0.3, -0.25) is 4.40 Å².